The number of hydrogen-bond acceptors (Lipinski definition) is 6. The van der Waals surface area contributed by atoms with Crippen molar-refractivity contribution in [2.45, 2.75) is 44.6 Å². The summed E-state index contributed by atoms with van der Waals surface area (Å²) in [7, 11) is 0. The Kier molecular flexibility index (Phi) is 23.3. The molecule has 66 heavy (non-hydrogen) atoms. The van der Waals surface area contributed by atoms with Crippen molar-refractivity contribution in [1.29, 1.82) is 0 Å². The van der Waals surface area contributed by atoms with E-state index in [2.05, 4.69) is 182 Å². The van der Waals surface area contributed by atoms with Gasteiger partial charge in [0.05, 0.1) is 33.0 Å². The molecule has 0 aromatic heterocycles. The average Bonchev–Trinajstić information content (AvgIpc) is 3.37. The molecule has 0 unspecified atom stereocenters. The molecule has 350 valence electrons. The second kappa shape index (κ2) is 29.2. The minimum absolute atomic E-state index is 0.199. The molecule has 0 aliphatic rings. The Morgan fingerprint density at radius 1 is 0.288 bits per heavy atom. The van der Waals surface area contributed by atoms with Crippen molar-refractivity contribution in [2.75, 3.05) is 88.5 Å². The lowest BCUT2D eigenvalue weighted by Gasteiger charge is -2.26. The van der Waals surface area contributed by atoms with E-state index in [0.717, 1.165) is 94.0 Å². The molecule has 0 atom stereocenters. The molecule has 0 heterocycles. The van der Waals surface area contributed by atoms with Gasteiger partial charge in [-0.1, -0.05) is 217 Å². The maximum Gasteiger partial charge on any atom is 0.104 e. The molecule has 6 aromatic carbocycles. The first-order valence-electron chi connectivity index (χ1n) is 24.0. The topological polar surface area (TPSA) is 27.7 Å². The van der Waals surface area contributed by atoms with Gasteiger partial charge in [-0.3, -0.25) is 0 Å². The molecule has 0 saturated heterocycles. The van der Waals surface area contributed by atoms with E-state index in [1.165, 1.54) is 33.4 Å². The molecule has 0 bridgehead atoms. The lowest BCUT2D eigenvalue weighted by atomic mass is 10.2. The van der Waals surface area contributed by atoms with Gasteiger partial charge in [-0.25, -0.2) is 0 Å². The summed E-state index contributed by atoms with van der Waals surface area (Å²) in [5.74, 6) is 0. The summed E-state index contributed by atoms with van der Waals surface area (Å²) in [6.07, 6.45) is 14.8. The number of hydrogen-bond donors (Lipinski definition) is 0. The van der Waals surface area contributed by atoms with Crippen molar-refractivity contribution < 1.29 is 14.2 Å². The van der Waals surface area contributed by atoms with Crippen molar-refractivity contribution >= 4 is 53.5 Å². The summed E-state index contributed by atoms with van der Waals surface area (Å²) in [4.78, 5) is 0. The predicted octanol–water partition coefficient (Wildman–Crippen LogP) is 13.3. The van der Waals surface area contributed by atoms with Gasteiger partial charge in [-0.05, 0) is 127 Å². The van der Waals surface area contributed by atoms with Crippen molar-refractivity contribution in [1.82, 2.24) is 0 Å². The molecule has 0 aliphatic heterocycles. The van der Waals surface area contributed by atoms with Crippen LogP contribution in [0.2, 0.25) is 0 Å². The number of aryl methyl sites for hydroxylation is 6. The zero-order chi connectivity index (χ0) is 46.0. The normalized spacial score (nSPS) is 12.1. The van der Waals surface area contributed by atoms with Crippen LogP contribution in [0.3, 0.4) is 0 Å². The minimum Gasteiger partial charge on any atom is -0.378 e. The maximum absolute atomic E-state index is 6.80. The van der Waals surface area contributed by atoms with Gasteiger partial charge in [0.25, 0.3) is 0 Å². The summed E-state index contributed by atoms with van der Waals surface area (Å²) in [6, 6.07) is 59.6. The molecular weight excluding hydrogens is 922 g/mol. The molecule has 6 aromatic rings. The molecule has 0 aliphatic carbocycles. The van der Waals surface area contributed by atoms with E-state index in [-0.39, 0.29) is 6.10 Å². The van der Waals surface area contributed by atoms with E-state index in [0.29, 0.717) is 33.0 Å². The van der Waals surface area contributed by atoms with Crippen molar-refractivity contribution in [2.24, 2.45) is 0 Å². The third-order valence-electron chi connectivity index (χ3n) is 12.7. The highest BCUT2D eigenvalue weighted by atomic mass is 32.4. The molecule has 3 nitrogen and oxygen atoms in total. The van der Waals surface area contributed by atoms with Crippen LogP contribution in [0.1, 0.15) is 33.4 Å². The second-order valence-corrected chi connectivity index (χ2v) is 35.1. The first-order chi connectivity index (χ1) is 32.3. The van der Waals surface area contributed by atoms with Crippen LogP contribution >= 0.6 is 18.1 Å². The van der Waals surface area contributed by atoms with Gasteiger partial charge in [-0.2, -0.15) is 0 Å². The Labute approximate surface area is 413 Å². The van der Waals surface area contributed by atoms with Crippen LogP contribution in [-0.4, -0.2) is 94.6 Å². The molecule has 0 saturated carbocycles. The van der Waals surface area contributed by atoms with E-state index >= 15 is 0 Å². The zero-order valence-electron chi connectivity index (χ0n) is 38.8. The number of rotatable bonds is 32. The van der Waals surface area contributed by atoms with E-state index < -0.39 is 18.1 Å². The fourth-order valence-corrected chi connectivity index (χ4v) is 18.0. The minimum atomic E-state index is -1.74. The highest BCUT2D eigenvalue weighted by Gasteiger charge is 2.22. The quantitative estimate of drug-likeness (QED) is 0.0309. The van der Waals surface area contributed by atoms with Gasteiger partial charge in [0.1, 0.15) is 6.10 Å². The largest absolute Gasteiger partial charge is 0.378 e. The van der Waals surface area contributed by atoms with Crippen LogP contribution in [0, 0.1) is 0 Å². The Balaban J connectivity index is 1.09. The number of benzene rings is 6. The summed E-state index contributed by atoms with van der Waals surface area (Å²) in [5, 5.41) is 0. The monoisotopic (exact) mass is 992 g/mol. The molecule has 9 heteroatoms. The molecule has 6 rings (SSSR count). The molecule has 0 N–H and O–H groups in total. The van der Waals surface area contributed by atoms with Crippen LogP contribution in [-0.2, 0) is 88.2 Å². The van der Waals surface area contributed by atoms with Gasteiger partial charge in [-0.15, -0.1) is 0 Å². The first-order valence-corrected chi connectivity index (χ1v) is 34.0. The van der Waals surface area contributed by atoms with Gasteiger partial charge in [0.15, 0.2) is 0 Å². The first kappa shape index (κ1) is 52.5. The van der Waals surface area contributed by atoms with Gasteiger partial charge < -0.3 is 14.2 Å². The number of ether oxygens (including phenoxy) is 3. The Bertz CT molecular complexity index is 2100. The Hall–Kier alpha value is -2.85. The highest BCUT2D eigenvalue weighted by Crippen LogP contribution is 2.49. The van der Waals surface area contributed by atoms with E-state index in [1.54, 1.807) is 0 Å². The Morgan fingerprint density at radius 3 is 0.727 bits per heavy atom. The fraction of sp³-hybridized carbons (Fsp3) is 0.368. The predicted molar refractivity (Wildman–Crippen MR) is 299 cm³/mol. The molecule has 0 spiro atoms. The second-order valence-electron chi connectivity index (χ2n) is 17.7. The van der Waals surface area contributed by atoms with Crippen LogP contribution in [0.15, 0.2) is 182 Å². The SMILES string of the molecule is S=P(CCOCC(COCCP(=S)(CCc1ccccc1)CCc1ccccc1)OCCP(=S)(CCc1ccccc1)CCc1ccccc1)(CCc1ccccc1)CCc1ccccc1. The summed E-state index contributed by atoms with van der Waals surface area (Å²) in [6.45, 7) is 2.81. The van der Waals surface area contributed by atoms with Crippen molar-refractivity contribution in [3.8, 4) is 0 Å². The van der Waals surface area contributed by atoms with Crippen molar-refractivity contribution in [3.63, 3.8) is 0 Å². The third-order valence-corrected chi connectivity index (χ3v) is 26.8. The molecule has 0 amide bonds. The van der Waals surface area contributed by atoms with Crippen LogP contribution in [0.25, 0.3) is 0 Å². The standard InChI is InChI=1S/C57H71O3P3S3/c64-61(40-31-51-19-7-1-8-20-51,41-32-52-21-9-2-10-22-52)46-37-58-49-57(60-39-48-63(66,44-35-55-27-15-5-16-28-55)45-36-56-29-17-6-18-30-56)50-59-38-47-62(65,42-33-53-23-11-3-12-24-53)43-34-54-25-13-4-14-26-54/h1-30,57H,31-50H2. The molecule has 0 fully saturated rings. The summed E-state index contributed by atoms with van der Waals surface area (Å²) in [5.41, 5.74) is 8.14. The van der Waals surface area contributed by atoms with E-state index in [4.69, 9.17) is 49.6 Å². The van der Waals surface area contributed by atoms with Crippen LogP contribution in [0.4, 0.5) is 0 Å². The zero-order valence-corrected chi connectivity index (χ0v) is 44.0. The third kappa shape index (κ3) is 20.4. The van der Waals surface area contributed by atoms with E-state index in [1.807, 2.05) is 0 Å². The van der Waals surface area contributed by atoms with E-state index in [9.17, 15) is 0 Å². The molecular formula is C57H71O3P3S3. The Morgan fingerprint density at radius 2 is 0.500 bits per heavy atom. The van der Waals surface area contributed by atoms with Crippen molar-refractivity contribution in [3.05, 3.63) is 215 Å². The van der Waals surface area contributed by atoms with Gasteiger partial charge in [0, 0.05) is 18.5 Å². The smallest absolute Gasteiger partial charge is 0.104 e. The van der Waals surface area contributed by atoms with Crippen LogP contribution in [0.5, 0.6) is 0 Å². The average molecular weight is 993 g/mol. The van der Waals surface area contributed by atoms with Crippen LogP contribution < -0.4 is 0 Å². The van der Waals surface area contributed by atoms with Gasteiger partial charge in [0.2, 0.25) is 0 Å². The summed E-state index contributed by atoms with van der Waals surface area (Å²) < 4.78 is 20.0. The molecule has 0 radical (unpaired) electrons. The lowest BCUT2D eigenvalue weighted by Crippen LogP contribution is -2.28. The maximum atomic E-state index is 6.80. The fourth-order valence-electron chi connectivity index (χ4n) is 8.29. The highest BCUT2D eigenvalue weighted by molar-refractivity contribution is 8.15. The van der Waals surface area contributed by atoms with Gasteiger partial charge >= 0.3 is 0 Å². The summed E-state index contributed by atoms with van der Waals surface area (Å²) >= 11 is 19.8. The lowest BCUT2D eigenvalue weighted by molar-refractivity contribution is -0.0511.